The molecular formula is C17H18BrNO5S. The molecule has 25 heavy (non-hydrogen) atoms. The molecule has 134 valence electrons. The number of rotatable bonds is 7. The number of hydrogen-bond acceptors (Lipinski definition) is 5. The molecule has 0 saturated carbocycles. The van der Waals surface area contributed by atoms with E-state index in [0.717, 1.165) is 4.47 Å². The van der Waals surface area contributed by atoms with E-state index < -0.39 is 16.0 Å². The van der Waals surface area contributed by atoms with Crippen LogP contribution in [0.2, 0.25) is 0 Å². The molecule has 0 radical (unpaired) electrons. The van der Waals surface area contributed by atoms with Crippen molar-refractivity contribution >= 4 is 31.9 Å². The summed E-state index contributed by atoms with van der Waals surface area (Å²) >= 11 is 3.35. The summed E-state index contributed by atoms with van der Waals surface area (Å²) in [5.41, 5.74) is 0.856. The molecule has 0 aliphatic rings. The fourth-order valence-corrected chi connectivity index (χ4v) is 3.65. The van der Waals surface area contributed by atoms with Gasteiger partial charge in [-0.05, 0) is 36.4 Å². The summed E-state index contributed by atoms with van der Waals surface area (Å²) in [5.74, 6) is -0.0185. The van der Waals surface area contributed by atoms with Crippen molar-refractivity contribution in [3.05, 3.63) is 58.1 Å². The van der Waals surface area contributed by atoms with Crippen molar-refractivity contribution in [3.8, 4) is 5.75 Å². The van der Waals surface area contributed by atoms with E-state index in [2.05, 4.69) is 20.7 Å². The third-order valence-corrected chi connectivity index (χ3v) is 5.35. The molecule has 0 aliphatic heterocycles. The Kier molecular flexibility index (Phi) is 6.57. The minimum atomic E-state index is -3.63. The van der Waals surface area contributed by atoms with Crippen molar-refractivity contribution in [2.75, 3.05) is 13.7 Å². The van der Waals surface area contributed by atoms with Crippen molar-refractivity contribution < 1.29 is 22.7 Å². The molecule has 0 heterocycles. The van der Waals surface area contributed by atoms with Gasteiger partial charge in [0.15, 0.2) is 0 Å². The molecule has 8 heteroatoms. The fraction of sp³-hybridized carbons (Fsp3) is 0.235. The van der Waals surface area contributed by atoms with Crippen LogP contribution < -0.4 is 9.46 Å². The van der Waals surface area contributed by atoms with E-state index in [4.69, 9.17) is 9.47 Å². The maximum atomic E-state index is 12.2. The first-order valence-corrected chi connectivity index (χ1v) is 9.74. The Balaban J connectivity index is 2.16. The van der Waals surface area contributed by atoms with Gasteiger partial charge in [-0.15, -0.1) is 0 Å². The minimum absolute atomic E-state index is 0.00559. The highest BCUT2D eigenvalue weighted by molar-refractivity contribution is 9.10. The predicted molar refractivity (Wildman–Crippen MR) is 97.1 cm³/mol. The van der Waals surface area contributed by atoms with Gasteiger partial charge in [-0.3, -0.25) is 0 Å². The van der Waals surface area contributed by atoms with Crippen LogP contribution in [0, 0.1) is 0 Å². The summed E-state index contributed by atoms with van der Waals surface area (Å²) < 4.78 is 37.8. The van der Waals surface area contributed by atoms with Crippen molar-refractivity contribution in [1.29, 1.82) is 0 Å². The maximum Gasteiger partial charge on any atom is 0.338 e. The number of hydrogen-bond donors (Lipinski definition) is 1. The van der Waals surface area contributed by atoms with Gasteiger partial charge >= 0.3 is 5.97 Å². The van der Waals surface area contributed by atoms with E-state index in [9.17, 15) is 13.2 Å². The van der Waals surface area contributed by atoms with E-state index in [1.165, 1.54) is 31.4 Å². The summed E-state index contributed by atoms with van der Waals surface area (Å²) in [6, 6.07) is 11.1. The number of ether oxygens (including phenoxy) is 2. The molecule has 6 nitrogen and oxygen atoms in total. The number of nitrogens with one attached hydrogen (secondary N) is 1. The summed E-state index contributed by atoms with van der Waals surface area (Å²) in [5, 5.41) is 0. The van der Waals surface area contributed by atoms with Gasteiger partial charge in [0.05, 0.1) is 17.6 Å². The molecule has 0 unspecified atom stereocenters. The first kappa shape index (κ1) is 19.4. The number of carbonyl (C=O) groups is 1. The second-order valence-corrected chi connectivity index (χ2v) is 7.74. The highest BCUT2D eigenvalue weighted by Crippen LogP contribution is 2.24. The number of benzene rings is 2. The van der Waals surface area contributed by atoms with E-state index in [1.54, 1.807) is 19.1 Å². The maximum absolute atomic E-state index is 12.2. The zero-order chi connectivity index (χ0) is 18.4. The number of sulfonamides is 1. The highest BCUT2D eigenvalue weighted by Gasteiger charge is 2.16. The Labute approximate surface area is 155 Å². The quantitative estimate of drug-likeness (QED) is 0.686. The first-order chi connectivity index (χ1) is 11.9. The normalized spacial score (nSPS) is 11.2. The van der Waals surface area contributed by atoms with E-state index in [1.807, 2.05) is 6.07 Å². The smallest absolute Gasteiger partial charge is 0.338 e. The Morgan fingerprint density at radius 2 is 1.96 bits per heavy atom. The van der Waals surface area contributed by atoms with E-state index in [0.29, 0.717) is 11.3 Å². The number of esters is 1. The summed E-state index contributed by atoms with van der Waals surface area (Å²) in [7, 11) is -2.10. The molecular weight excluding hydrogens is 410 g/mol. The van der Waals surface area contributed by atoms with Gasteiger partial charge < -0.3 is 9.47 Å². The van der Waals surface area contributed by atoms with Crippen molar-refractivity contribution in [2.45, 2.75) is 18.4 Å². The molecule has 0 fully saturated rings. The number of methoxy groups -OCH3 is 1. The lowest BCUT2D eigenvalue weighted by atomic mass is 10.2. The summed E-state index contributed by atoms with van der Waals surface area (Å²) in [6.07, 6.45) is 0. The zero-order valence-electron chi connectivity index (χ0n) is 13.8. The van der Waals surface area contributed by atoms with Gasteiger partial charge in [0, 0.05) is 16.6 Å². The van der Waals surface area contributed by atoms with Gasteiger partial charge in [-0.1, -0.05) is 28.9 Å². The second kappa shape index (κ2) is 8.46. The largest absolute Gasteiger partial charge is 0.496 e. The predicted octanol–water partition coefficient (Wildman–Crippen LogP) is 3.11. The van der Waals surface area contributed by atoms with Crippen molar-refractivity contribution in [2.24, 2.45) is 0 Å². The topological polar surface area (TPSA) is 81.7 Å². The standard InChI is InChI=1S/C17H18BrNO5S/c1-3-19-25(21,22)15-6-4-5-12(10-15)17(20)24-11-13-9-14(18)7-8-16(13)23-2/h4-10,19H,3,11H2,1-2H3. The molecule has 0 aliphatic carbocycles. The summed E-state index contributed by atoms with van der Waals surface area (Å²) in [6.45, 7) is 1.95. The number of carbonyl (C=O) groups excluding carboxylic acids is 1. The zero-order valence-corrected chi connectivity index (χ0v) is 16.2. The monoisotopic (exact) mass is 427 g/mol. The van der Waals surface area contributed by atoms with Crippen LogP contribution in [0.3, 0.4) is 0 Å². The summed E-state index contributed by atoms with van der Waals surface area (Å²) in [4.78, 5) is 12.3. The molecule has 0 spiro atoms. The van der Waals surface area contributed by atoms with Gasteiger partial charge in [-0.2, -0.15) is 0 Å². The van der Waals surface area contributed by atoms with Crippen LogP contribution >= 0.6 is 15.9 Å². The lowest BCUT2D eigenvalue weighted by Crippen LogP contribution is -2.23. The fourth-order valence-electron chi connectivity index (χ4n) is 2.15. The Morgan fingerprint density at radius 1 is 1.20 bits per heavy atom. The molecule has 0 atom stereocenters. The lowest BCUT2D eigenvalue weighted by Gasteiger charge is -2.10. The van der Waals surface area contributed by atoms with Gasteiger partial charge in [0.1, 0.15) is 12.4 Å². The Bertz CT molecular complexity index is 867. The molecule has 0 saturated heterocycles. The Morgan fingerprint density at radius 3 is 2.64 bits per heavy atom. The van der Waals surface area contributed by atoms with Crippen LogP contribution in [0.15, 0.2) is 51.8 Å². The van der Waals surface area contributed by atoms with Crippen LogP contribution in [0.5, 0.6) is 5.75 Å². The van der Waals surface area contributed by atoms with Crippen LogP contribution in [-0.4, -0.2) is 28.0 Å². The average molecular weight is 428 g/mol. The van der Waals surface area contributed by atoms with Crippen LogP contribution in [0.25, 0.3) is 0 Å². The third-order valence-electron chi connectivity index (χ3n) is 3.32. The van der Waals surface area contributed by atoms with Gasteiger partial charge in [0.2, 0.25) is 10.0 Å². The Hall–Kier alpha value is -1.90. The van der Waals surface area contributed by atoms with Crippen LogP contribution in [-0.2, 0) is 21.4 Å². The molecule has 0 amide bonds. The molecule has 2 aromatic rings. The molecule has 2 aromatic carbocycles. The lowest BCUT2D eigenvalue weighted by molar-refractivity contribution is 0.0470. The molecule has 1 N–H and O–H groups in total. The van der Waals surface area contributed by atoms with E-state index in [-0.39, 0.29) is 23.6 Å². The van der Waals surface area contributed by atoms with Gasteiger partial charge in [-0.25, -0.2) is 17.9 Å². The third kappa shape index (κ3) is 5.04. The van der Waals surface area contributed by atoms with Crippen LogP contribution in [0.4, 0.5) is 0 Å². The van der Waals surface area contributed by atoms with Gasteiger partial charge in [0.25, 0.3) is 0 Å². The SMILES string of the molecule is CCNS(=O)(=O)c1cccc(C(=O)OCc2cc(Br)ccc2OC)c1. The second-order valence-electron chi connectivity index (χ2n) is 5.06. The number of halogens is 1. The van der Waals surface area contributed by atoms with Crippen LogP contribution in [0.1, 0.15) is 22.8 Å². The first-order valence-electron chi connectivity index (χ1n) is 7.46. The van der Waals surface area contributed by atoms with Crippen molar-refractivity contribution in [1.82, 2.24) is 4.72 Å². The van der Waals surface area contributed by atoms with Crippen molar-refractivity contribution in [3.63, 3.8) is 0 Å². The highest BCUT2D eigenvalue weighted by atomic mass is 79.9. The average Bonchev–Trinajstić information content (AvgIpc) is 2.60. The molecule has 0 bridgehead atoms. The molecule has 2 rings (SSSR count). The minimum Gasteiger partial charge on any atom is -0.496 e. The van der Waals surface area contributed by atoms with E-state index >= 15 is 0 Å². The molecule has 0 aromatic heterocycles.